The fraction of sp³-hybridized carbons (Fsp3) is 0.250. The van der Waals surface area contributed by atoms with Gasteiger partial charge >= 0.3 is 0 Å². The summed E-state index contributed by atoms with van der Waals surface area (Å²) in [6.45, 7) is 1.61. The molecule has 0 aliphatic rings. The summed E-state index contributed by atoms with van der Waals surface area (Å²) in [5.74, 6) is 0.246. The van der Waals surface area contributed by atoms with Crippen LogP contribution in [0.5, 0.6) is 5.75 Å². The molecule has 6 nitrogen and oxygen atoms in total. The number of carbonyl (C=O) groups is 2. The molecule has 0 radical (unpaired) electrons. The van der Waals surface area contributed by atoms with Crippen molar-refractivity contribution in [2.75, 3.05) is 6.61 Å². The van der Waals surface area contributed by atoms with Crippen molar-refractivity contribution >= 4 is 11.8 Å². The average Bonchev–Trinajstić information content (AvgIpc) is 2.98. The maximum Gasteiger partial charge on any atom is 0.255 e. The predicted octanol–water partition coefficient (Wildman–Crippen LogP) is 1.50. The number of rotatable bonds is 7. The Morgan fingerprint density at radius 1 is 1.27 bits per heavy atom. The number of hydrogen-bond acceptors (Lipinski definition) is 4. The van der Waals surface area contributed by atoms with Gasteiger partial charge in [-0.05, 0) is 31.2 Å². The SMILES string of the molecule is CC(Cc1ccco1)NC(=O)c1ccccc1OCC(N)=O. The third-order valence-electron chi connectivity index (χ3n) is 2.97. The number of para-hydroxylation sites is 1. The lowest BCUT2D eigenvalue weighted by Gasteiger charge is -2.15. The number of hydrogen-bond donors (Lipinski definition) is 2. The van der Waals surface area contributed by atoms with Gasteiger partial charge in [0.05, 0.1) is 11.8 Å². The zero-order chi connectivity index (χ0) is 15.9. The van der Waals surface area contributed by atoms with Gasteiger partial charge < -0.3 is 20.2 Å². The van der Waals surface area contributed by atoms with Gasteiger partial charge in [-0.2, -0.15) is 0 Å². The highest BCUT2D eigenvalue weighted by Crippen LogP contribution is 2.18. The van der Waals surface area contributed by atoms with Crippen LogP contribution in [0.25, 0.3) is 0 Å². The smallest absolute Gasteiger partial charge is 0.255 e. The van der Waals surface area contributed by atoms with Crippen LogP contribution in [0.15, 0.2) is 47.1 Å². The molecule has 0 saturated carbocycles. The molecule has 1 atom stereocenters. The van der Waals surface area contributed by atoms with Crippen LogP contribution in [0.4, 0.5) is 0 Å². The van der Waals surface area contributed by atoms with Crippen molar-refractivity contribution in [2.45, 2.75) is 19.4 Å². The van der Waals surface area contributed by atoms with Gasteiger partial charge in [0.25, 0.3) is 11.8 Å². The van der Waals surface area contributed by atoms with Crippen LogP contribution >= 0.6 is 0 Å². The Balaban J connectivity index is 2.01. The van der Waals surface area contributed by atoms with Gasteiger partial charge in [-0.25, -0.2) is 0 Å². The van der Waals surface area contributed by atoms with E-state index in [0.29, 0.717) is 17.7 Å². The van der Waals surface area contributed by atoms with Crippen molar-refractivity contribution in [3.05, 3.63) is 54.0 Å². The second-order valence-electron chi connectivity index (χ2n) is 4.91. The van der Waals surface area contributed by atoms with E-state index in [2.05, 4.69) is 5.32 Å². The lowest BCUT2D eigenvalue weighted by Crippen LogP contribution is -2.34. The highest BCUT2D eigenvalue weighted by Gasteiger charge is 2.15. The summed E-state index contributed by atoms with van der Waals surface area (Å²) in [6, 6.07) is 10.2. The molecule has 1 aromatic carbocycles. The minimum absolute atomic E-state index is 0.108. The van der Waals surface area contributed by atoms with Gasteiger partial charge in [0.2, 0.25) is 0 Å². The van der Waals surface area contributed by atoms with Crippen molar-refractivity contribution in [3.63, 3.8) is 0 Å². The monoisotopic (exact) mass is 302 g/mol. The molecule has 1 unspecified atom stereocenters. The maximum absolute atomic E-state index is 12.3. The largest absolute Gasteiger partial charge is 0.483 e. The normalized spacial score (nSPS) is 11.7. The van der Waals surface area contributed by atoms with E-state index in [1.165, 1.54) is 0 Å². The van der Waals surface area contributed by atoms with Crippen molar-refractivity contribution in [2.24, 2.45) is 5.73 Å². The Labute approximate surface area is 128 Å². The zero-order valence-corrected chi connectivity index (χ0v) is 12.2. The van der Waals surface area contributed by atoms with Crippen LogP contribution in [-0.4, -0.2) is 24.5 Å². The fourth-order valence-electron chi connectivity index (χ4n) is 2.01. The molecular weight excluding hydrogens is 284 g/mol. The summed E-state index contributed by atoms with van der Waals surface area (Å²) in [6.07, 6.45) is 2.18. The lowest BCUT2D eigenvalue weighted by atomic mass is 10.1. The number of primary amides is 1. The number of benzene rings is 1. The van der Waals surface area contributed by atoms with E-state index in [4.69, 9.17) is 14.9 Å². The maximum atomic E-state index is 12.3. The van der Waals surface area contributed by atoms with Crippen molar-refractivity contribution < 1.29 is 18.7 Å². The van der Waals surface area contributed by atoms with Crippen molar-refractivity contribution in [1.82, 2.24) is 5.32 Å². The quantitative estimate of drug-likeness (QED) is 0.810. The molecule has 116 valence electrons. The standard InChI is InChI=1S/C16H18N2O4/c1-11(9-12-5-4-8-21-12)18-16(20)13-6-2-3-7-14(13)22-10-15(17)19/h2-8,11H,9-10H2,1H3,(H2,17,19)(H,18,20). The zero-order valence-electron chi connectivity index (χ0n) is 12.2. The predicted molar refractivity (Wildman–Crippen MR) is 80.5 cm³/mol. The number of carbonyl (C=O) groups excluding carboxylic acids is 2. The van der Waals surface area contributed by atoms with E-state index >= 15 is 0 Å². The summed E-state index contributed by atoms with van der Waals surface area (Å²) >= 11 is 0. The highest BCUT2D eigenvalue weighted by molar-refractivity contribution is 5.97. The molecule has 1 aromatic heterocycles. The fourth-order valence-corrected chi connectivity index (χ4v) is 2.01. The molecule has 0 saturated heterocycles. The molecule has 2 amide bonds. The van der Waals surface area contributed by atoms with Gasteiger partial charge in [0, 0.05) is 12.5 Å². The van der Waals surface area contributed by atoms with Gasteiger partial charge in [0.1, 0.15) is 11.5 Å². The van der Waals surface area contributed by atoms with Crippen LogP contribution < -0.4 is 15.8 Å². The Kier molecular flexibility index (Phi) is 5.19. The Bertz CT molecular complexity index is 637. The average molecular weight is 302 g/mol. The molecule has 0 aliphatic heterocycles. The van der Waals surface area contributed by atoms with Gasteiger partial charge in [0.15, 0.2) is 6.61 Å². The van der Waals surface area contributed by atoms with E-state index in [9.17, 15) is 9.59 Å². The second-order valence-corrected chi connectivity index (χ2v) is 4.91. The van der Waals surface area contributed by atoms with E-state index in [1.54, 1.807) is 36.6 Å². The molecular formula is C16H18N2O4. The molecule has 1 heterocycles. The van der Waals surface area contributed by atoms with Crippen LogP contribution in [0.1, 0.15) is 23.0 Å². The third kappa shape index (κ3) is 4.37. The van der Waals surface area contributed by atoms with Gasteiger partial charge in [-0.15, -0.1) is 0 Å². The van der Waals surface area contributed by atoms with Crippen molar-refractivity contribution in [1.29, 1.82) is 0 Å². The molecule has 2 aromatic rings. The summed E-state index contributed by atoms with van der Waals surface area (Å²) in [5.41, 5.74) is 5.40. The number of amides is 2. The van der Waals surface area contributed by atoms with Crippen LogP contribution in [0.2, 0.25) is 0 Å². The Hall–Kier alpha value is -2.76. The van der Waals surface area contributed by atoms with E-state index in [-0.39, 0.29) is 18.6 Å². The number of ether oxygens (including phenoxy) is 1. The van der Waals surface area contributed by atoms with Crippen molar-refractivity contribution in [3.8, 4) is 5.75 Å². The molecule has 2 rings (SSSR count). The van der Waals surface area contributed by atoms with Crippen LogP contribution in [-0.2, 0) is 11.2 Å². The first-order chi connectivity index (χ1) is 10.6. The minimum atomic E-state index is -0.596. The molecule has 3 N–H and O–H groups in total. The first-order valence-electron chi connectivity index (χ1n) is 6.89. The number of nitrogens with one attached hydrogen (secondary N) is 1. The molecule has 0 spiro atoms. The molecule has 0 bridgehead atoms. The molecule has 0 fully saturated rings. The summed E-state index contributed by atoms with van der Waals surface area (Å²) < 4.78 is 10.5. The topological polar surface area (TPSA) is 94.6 Å². The van der Waals surface area contributed by atoms with Gasteiger partial charge in [-0.1, -0.05) is 12.1 Å². The number of nitrogens with two attached hydrogens (primary N) is 1. The highest BCUT2D eigenvalue weighted by atomic mass is 16.5. The summed E-state index contributed by atoms with van der Waals surface area (Å²) in [7, 11) is 0. The molecule has 6 heteroatoms. The van der Waals surface area contributed by atoms with Crippen LogP contribution in [0, 0.1) is 0 Å². The molecule has 22 heavy (non-hydrogen) atoms. The summed E-state index contributed by atoms with van der Waals surface area (Å²) in [4.78, 5) is 23.1. The second kappa shape index (κ2) is 7.31. The lowest BCUT2D eigenvalue weighted by molar-refractivity contribution is -0.119. The Morgan fingerprint density at radius 3 is 2.73 bits per heavy atom. The van der Waals surface area contributed by atoms with Gasteiger partial charge in [-0.3, -0.25) is 9.59 Å². The number of furan rings is 1. The first-order valence-corrected chi connectivity index (χ1v) is 6.89. The van der Waals surface area contributed by atoms with E-state index in [1.807, 2.05) is 13.0 Å². The molecule has 0 aliphatic carbocycles. The first kappa shape index (κ1) is 15.6. The Morgan fingerprint density at radius 2 is 2.05 bits per heavy atom. The van der Waals surface area contributed by atoms with E-state index in [0.717, 1.165) is 5.76 Å². The van der Waals surface area contributed by atoms with Crippen LogP contribution in [0.3, 0.4) is 0 Å². The third-order valence-corrected chi connectivity index (χ3v) is 2.97. The summed E-state index contributed by atoms with van der Waals surface area (Å²) in [5, 5.41) is 2.87. The minimum Gasteiger partial charge on any atom is -0.483 e. The van der Waals surface area contributed by atoms with E-state index < -0.39 is 5.91 Å².